The number of hydrogen-bond acceptors (Lipinski definition) is 2. The Morgan fingerprint density at radius 1 is 1.31 bits per heavy atom. The van der Waals surface area contributed by atoms with Crippen LogP contribution >= 0.6 is 0 Å². The Morgan fingerprint density at radius 2 is 1.85 bits per heavy atom. The molecule has 1 rings (SSSR count). The van der Waals surface area contributed by atoms with E-state index in [0.29, 0.717) is 0 Å². The summed E-state index contributed by atoms with van der Waals surface area (Å²) in [5.41, 5.74) is 0.796. The van der Waals surface area contributed by atoms with Gasteiger partial charge in [0.05, 0.1) is 6.10 Å². The quantitative estimate of drug-likeness (QED) is 0.768. The van der Waals surface area contributed by atoms with E-state index in [1.165, 1.54) is 6.92 Å². The van der Waals surface area contributed by atoms with Crippen LogP contribution in [0.3, 0.4) is 0 Å². The first-order valence-electron chi connectivity index (χ1n) is 4.36. The molecule has 0 saturated heterocycles. The molecule has 0 aromatic heterocycles. The van der Waals surface area contributed by atoms with E-state index in [-0.39, 0.29) is 11.7 Å². The van der Waals surface area contributed by atoms with E-state index in [4.69, 9.17) is 0 Å². The summed E-state index contributed by atoms with van der Waals surface area (Å²) >= 11 is 0. The minimum Gasteiger partial charge on any atom is -0.388 e. The zero-order valence-electron chi connectivity index (χ0n) is 7.90. The zero-order valence-corrected chi connectivity index (χ0v) is 7.90. The van der Waals surface area contributed by atoms with Gasteiger partial charge in [0.15, 0.2) is 0 Å². The molecule has 0 bridgehead atoms. The highest BCUT2D eigenvalue weighted by Crippen LogP contribution is 2.21. The Morgan fingerprint density at radius 3 is 2.31 bits per heavy atom. The number of rotatable bonds is 3. The monoisotopic (exact) mass is 178 g/mol. The summed E-state index contributed by atoms with van der Waals surface area (Å²) < 4.78 is 0. The van der Waals surface area contributed by atoms with Gasteiger partial charge in [-0.25, -0.2) is 0 Å². The number of aliphatic hydroxyl groups excluding tert-OH is 1. The molecule has 70 valence electrons. The lowest BCUT2D eigenvalue weighted by Gasteiger charge is -2.15. The van der Waals surface area contributed by atoms with E-state index in [1.807, 2.05) is 30.3 Å². The van der Waals surface area contributed by atoms with E-state index in [0.717, 1.165) is 5.56 Å². The second kappa shape index (κ2) is 4.19. The number of carbonyl (C=O) groups excluding carboxylic acids is 1. The highest BCUT2D eigenvalue weighted by Gasteiger charge is 2.19. The van der Waals surface area contributed by atoms with Crippen molar-refractivity contribution in [2.24, 2.45) is 5.92 Å². The van der Waals surface area contributed by atoms with Gasteiger partial charge in [-0.3, -0.25) is 4.79 Å². The summed E-state index contributed by atoms with van der Waals surface area (Å²) in [6.07, 6.45) is -0.682. The minimum atomic E-state index is -0.682. The summed E-state index contributed by atoms with van der Waals surface area (Å²) in [6, 6.07) is 9.24. The van der Waals surface area contributed by atoms with Gasteiger partial charge in [0.1, 0.15) is 5.78 Å². The Hall–Kier alpha value is -1.15. The molecule has 1 N–H and O–H groups in total. The van der Waals surface area contributed by atoms with Gasteiger partial charge in [0.25, 0.3) is 0 Å². The molecule has 0 aliphatic carbocycles. The third kappa shape index (κ3) is 2.39. The summed E-state index contributed by atoms with van der Waals surface area (Å²) in [6.45, 7) is 3.23. The highest BCUT2D eigenvalue weighted by atomic mass is 16.3. The van der Waals surface area contributed by atoms with E-state index in [1.54, 1.807) is 6.92 Å². The van der Waals surface area contributed by atoms with Crippen molar-refractivity contribution < 1.29 is 9.90 Å². The van der Waals surface area contributed by atoms with Crippen molar-refractivity contribution in [3.63, 3.8) is 0 Å². The van der Waals surface area contributed by atoms with Gasteiger partial charge in [-0.1, -0.05) is 37.3 Å². The molecular weight excluding hydrogens is 164 g/mol. The molecule has 0 spiro atoms. The van der Waals surface area contributed by atoms with Gasteiger partial charge >= 0.3 is 0 Å². The van der Waals surface area contributed by atoms with Crippen LogP contribution in [-0.4, -0.2) is 10.9 Å². The van der Waals surface area contributed by atoms with Gasteiger partial charge in [-0.05, 0) is 12.5 Å². The number of benzene rings is 1. The highest BCUT2D eigenvalue weighted by molar-refractivity contribution is 5.78. The van der Waals surface area contributed by atoms with Crippen LogP contribution in [0.4, 0.5) is 0 Å². The number of ketones is 1. The second-order valence-electron chi connectivity index (χ2n) is 3.25. The van der Waals surface area contributed by atoms with Gasteiger partial charge in [-0.15, -0.1) is 0 Å². The largest absolute Gasteiger partial charge is 0.388 e. The smallest absolute Gasteiger partial charge is 0.135 e. The number of hydrogen-bond donors (Lipinski definition) is 1. The summed E-state index contributed by atoms with van der Waals surface area (Å²) in [4.78, 5) is 11.0. The molecule has 0 radical (unpaired) electrons. The SMILES string of the molecule is CC(=O)[C@H](C)[C@H](O)c1ccccc1. The van der Waals surface area contributed by atoms with Crippen molar-refractivity contribution in [2.45, 2.75) is 20.0 Å². The van der Waals surface area contributed by atoms with E-state index < -0.39 is 6.10 Å². The van der Waals surface area contributed by atoms with Crippen LogP contribution in [-0.2, 0) is 4.79 Å². The second-order valence-corrected chi connectivity index (χ2v) is 3.25. The molecule has 0 fully saturated rings. The molecule has 13 heavy (non-hydrogen) atoms. The molecule has 1 aromatic rings. The zero-order chi connectivity index (χ0) is 9.84. The Bertz CT molecular complexity index is 279. The predicted octanol–water partition coefficient (Wildman–Crippen LogP) is 1.95. The van der Waals surface area contributed by atoms with Crippen LogP contribution in [0.5, 0.6) is 0 Å². The number of aliphatic hydroxyl groups is 1. The molecule has 2 nitrogen and oxygen atoms in total. The molecule has 2 atom stereocenters. The van der Waals surface area contributed by atoms with Crippen molar-refractivity contribution in [1.29, 1.82) is 0 Å². The minimum absolute atomic E-state index is 0.0105. The van der Waals surface area contributed by atoms with Crippen LogP contribution in [0.1, 0.15) is 25.5 Å². The van der Waals surface area contributed by atoms with Crippen molar-refractivity contribution in [3.05, 3.63) is 35.9 Å². The topological polar surface area (TPSA) is 37.3 Å². The van der Waals surface area contributed by atoms with Crippen LogP contribution in [0.15, 0.2) is 30.3 Å². The Kier molecular flexibility index (Phi) is 3.20. The van der Waals surface area contributed by atoms with Crippen molar-refractivity contribution >= 4 is 5.78 Å². The molecule has 1 aromatic carbocycles. The van der Waals surface area contributed by atoms with E-state index in [2.05, 4.69) is 0 Å². The number of carbonyl (C=O) groups is 1. The first-order valence-corrected chi connectivity index (χ1v) is 4.36. The van der Waals surface area contributed by atoms with Crippen LogP contribution in [0, 0.1) is 5.92 Å². The van der Waals surface area contributed by atoms with E-state index in [9.17, 15) is 9.90 Å². The molecule has 0 amide bonds. The lowest BCUT2D eigenvalue weighted by molar-refractivity contribution is -0.123. The first kappa shape index (κ1) is 9.93. The first-order chi connectivity index (χ1) is 6.13. The summed E-state index contributed by atoms with van der Waals surface area (Å²) in [7, 11) is 0. The lowest BCUT2D eigenvalue weighted by Crippen LogP contribution is -2.16. The summed E-state index contributed by atoms with van der Waals surface area (Å²) in [5, 5.41) is 9.74. The van der Waals surface area contributed by atoms with Crippen LogP contribution in [0.25, 0.3) is 0 Å². The van der Waals surface area contributed by atoms with Crippen LogP contribution < -0.4 is 0 Å². The van der Waals surface area contributed by atoms with Crippen molar-refractivity contribution in [3.8, 4) is 0 Å². The van der Waals surface area contributed by atoms with Gasteiger partial charge < -0.3 is 5.11 Å². The normalized spacial score (nSPS) is 15.0. The molecule has 0 unspecified atom stereocenters. The maximum Gasteiger partial charge on any atom is 0.135 e. The molecule has 0 heterocycles. The molecule has 0 aliphatic rings. The fraction of sp³-hybridized carbons (Fsp3) is 0.364. The van der Waals surface area contributed by atoms with E-state index >= 15 is 0 Å². The fourth-order valence-electron chi connectivity index (χ4n) is 1.16. The maximum atomic E-state index is 11.0. The summed E-state index contributed by atoms with van der Waals surface area (Å²) in [5.74, 6) is -0.321. The molecule has 0 aliphatic heterocycles. The van der Waals surface area contributed by atoms with Crippen molar-refractivity contribution in [2.75, 3.05) is 0 Å². The molecule has 2 heteroatoms. The average molecular weight is 178 g/mol. The van der Waals surface area contributed by atoms with Crippen LogP contribution in [0.2, 0.25) is 0 Å². The van der Waals surface area contributed by atoms with Crippen molar-refractivity contribution in [1.82, 2.24) is 0 Å². The predicted molar refractivity (Wildman–Crippen MR) is 51.2 cm³/mol. The molecular formula is C11H14O2. The van der Waals surface area contributed by atoms with Gasteiger partial charge in [0.2, 0.25) is 0 Å². The third-order valence-corrected chi connectivity index (χ3v) is 2.26. The standard InChI is InChI=1S/C11H14O2/c1-8(9(2)12)11(13)10-6-4-3-5-7-10/h3-8,11,13H,1-2H3/t8-,11-/m0/s1. The lowest BCUT2D eigenvalue weighted by atomic mass is 9.95. The maximum absolute atomic E-state index is 11.0. The van der Waals surface area contributed by atoms with Gasteiger partial charge in [0, 0.05) is 5.92 Å². The number of Topliss-reactive ketones (excluding diaryl/α,β-unsaturated/α-hetero) is 1. The Balaban J connectivity index is 2.79. The fourth-order valence-corrected chi connectivity index (χ4v) is 1.16. The Labute approximate surface area is 78.2 Å². The third-order valence-electron chi connectivity index (χ3n) is 2.26. The average Bonchev–Trinajstić information content (AvgIpc) is 2.17. The van der Waals surface area contributed by atoms with Gasteiger partial charge in [-0.2, -0.15) is 0 Å². The molecule has 0 saturated carbocycles.